The first-order valence-electron chi connectivity index (χ1n) is 6.82. The molecule has 4 heteroatoms. The van der Waals surface area contributed by atoms with E-state index in [-0.39, 0.29) is 5.91 Å². The number of likely N-dealkylation sites (tertiary alicyclic amines) is 1. The Balaban J connectivity index is 1.95. The summed E-state index contributed by atoms with van der Waals surface area (Å²) in [7, 11) is 2.14. The van der Waals surface area contributed by atoms with Gasteiger partial charge in [-0.2, -0.15) is 0 Å². The van der Waals surface area contributed by atoms with Crippen LogP contribution in [0.2, 0.25) is 0 Å². The van der Waals surface area contributed by atoms with Gasteiger partial charge < -0.3 is 10.2 Å². The van der Waals surface area contributed by atoms with Gasteiger partial charge in [0, 0.05) is 17.1 Å². The number of aryl methyl sites for hydroxylation is 1. The lowest BCUT2D eigenvalue weighted by molar-refractivity contribution is 0.0927. The van der Waals surface area contributed by atoms with E-state index in [0.29, 0.717) is 6.04 Å². The van der Waals surface area contributed by atoms with E-state index in [9.17, 15) is 4.79 Å². The van der Waals surface area contributed by atoms with Crippen LogP contribution in [0.5, 0.6) is 0 Å². The van der Waals surface area contributed by atoms with E-state index in [1.165, 1.54) is 19.3 Å². The second-order valence-electron chi connectivity index (χ2n) is 5.32. The highest BCUT2D eigenvalue weighted by Gasteiger charge is 2.20. The number of rotatable bonds is 3. The second kappa shape index (κ2) is 6.53. The summed E-state index contributed by atoms with van der Waals surface area (Å²) < 4.78 is 0.854. The molecule has 0 spiro atoms. The number of likely N-dealkylation sites (N-methyl/N-ethyl adjacent to an activating group) is 1. The van der Waals surface area contributed by atoms with Crippen LogP contribution in [0.4, 0.5) is 0 Å². The van der Waals surface area contributed by atoms with E-state index in [1.807, 2.05) is 25.1 Å². The Hall–Kier alpha value is -0.870. The van der Waals surface area contributed by atoms with Crippen molar-refractivity contribution in [3.05, 3.63) is 33.8 Å². The standard InChI is InChI=1S/C15H21BrN2O/c1-11-6-7-14(16)13(9-11)15(19)17-10-12-5-3-4-8-18(12)2/h6-7,9,12H,3-5,8,10H2,1-2H3,(H,17,19). The minimum atomic E-state index is 0.00884. The van der Waals surface area contributed by atoms with Crippen LogP contribution in [0.25, 0.3) is 0 Å². The average Bonchev–Trinajstić information content (AvgIpc) is 2.40. The van der Waals surface area contributed by atoms with Crippen molar-refractivity contribution < 1.29 is 4.79 Å². The molecule has 0 aromatic heterocycles. The van der Waals surface area contributed by atoms with E-state index in [1.54, 1.807) is 0 Å². The van der Waals surface area contributed by atoms with Crippen molar-refractivity contribution in [2.24, 2.45) is 0 Å². The third kappa shape index (κ3) is 3.80. The van der Waals surface area contributed by atoms with E-state index >= 15 is 0 Å². The highest BCUT2D eigenvalue weighted by Crippen LogP contribution is 2.18. The third-order valence-corrected chi connectivity index (χ3v) is 4.48. The van der Waals surface area contributed by atoms with Crippen molar-refractivity contribution in [2.45, 2.75) is 32.2 Å². The van der Waals surface area contributed by atoms with Crippen LogP contribution in [0, 0.1) is 6.92 Å². The summed E-state index contributed by atoms with van der Waals surface area (Å²) in [5.41, 5.74) is 1.82. The Kier molecular flexibility index (Phi) is 4.99. The van der Waals surface area contributed by atoms with Gasteiger partial charge in [-0.05, 0) is 61.4 Å². The van der Waals surface area contributed by atoms with Gasteiger partial charge in [0.25, 0.3) is 5.91 Å². The number of piperidine rings is 1. The summed E-state index contributed by atoms with van der Waals surface area (Å²) in [6.45, 7) is 3.86. The van der Waals surface area contributed by atoms with Gasteiger partial charge in [-0.15, -0.1) is 0 Å². The first-order valence-corrected chi connectivity index (χ1v) is 7.62. The molecule has 19 heavy (non-hydrogen) atoms. The van der Waals surface area contributed by atoms with Gasteiger partial charge >= 0.3 is 0 Å². The fraction of sp³-hybridized carbons (Fsp3) is 0.533. The Morgan fingerprint density at radius 3 is 3.00 bits per heavy atom. The van der Waals surface area contributed by atoms with Gasteiger partial charge in [0.2, 0.25) is 0 Å². The van der Waals surface area contributed by atoms with Crippen LogP contribution in [-0.4, -0.2) is 37.0 Å². The van der Waals surface area contributed by atoms with Gasteiger partial charge in [0.05, 0.1) is 5.56 Å². The number of carbonyl (C=O) groups excluding carboxylic acids is 1. The summed E-state index contributed by atoms with van der Waals surface area (Å²) >= 11 is 3.44. The third-order valence-electron chi connectivity index (χ3n) is 3.79. The number of carbonyl (C=O) groups is 1. The molecule has 1 saturated heterocycles. The molecule has 104 valence electrons. The van der Waals surface area contributed by atoms with Crippen LogP contribution in [0.1, 0.15) is 35.2 Å². The Morgan fingerprint density at radius 2 is 2.26 bits per heavy atom. The molecule has 3 nitrogen and oxygen atoms in total. The lowest BCUT2D eigenvalue weighted by Crippen LogP contribution is -2.44. The Bertz CT molecular complexity index is 461. The first kappa shape index (κ1) is 14.5. The van der Waals surface area contributed by atoms with Crippen LogP contribution in [0.15, 0.2) is 22.7 Å². The summed E-state index contributed by atoms with van der Waals surface area (Å²) in [5, 5.41) is 3.06. The number of nitrogens with one attached hydrogen (secondary N) is 1. The topological polar surface area (TPSA) is 32.3 Å². The SMILES string of the molecule is Cc1ccc(Br)c(C(=O)NCC2CCCCN2C)c1. The summed E-state index contributed by atoms with van der Waals surface area (Å²) in [4.78, 5) is 14.5. The Labute approximate surface area is 123 Å². The maximum absolute atomic E-state index is 12.2. The number of hydrogen-bond acceptors (Lipinski definition) is 2. The van der Waals surface area contributed by atoms with Crippen LogP contribution < -0.4 is 5.32 Å². The van der Waals surface area contributed by atoms with Crippen molar-refractivity contribution in [3.63, 3.8) is 0 Å². The van der Waals surface area contributed by atoms with Crippen molar-refractivity contribution in [3.8, 4) is 0 Å². The molecule has 1 aromatic rings. The largest absolute Gasteiger partial charge is 0.350 e. The molecule has 1 aliphatic heterocycles. The number of benzene rings is 1. The molecule has 1 aliphatic rings. The summed E-state index contributed by atoms with van der Waals surface area (Å²) in [6.07, 6.45) is 3.70. The molecule has 1 fully saturated rings. The van der Waals surface area contributed by atoms with E-state index in [2.05, 4.69) is 33.2 Å². The summed E-state index contributed by atoms with van der Waals surface area (Å²) in [6, 6.07) is 6.32. The molecule has 0 radical (unpaired) electrons. The number of amides is 1. The molecule has 1 heterocycles. The van der Waals surface area contributed by atoms with Crippen molar-refractivity contribution in [1.82, 2.24) is 10.2 Å². The molecular formula is C15H21BrN2O. The highest BCUT2D eigenvalue weighted by molar-refractivity contribution is 9.10. The summed E-state index contributed by atoms with van der Waals surface area (Å²) in [5.74, 6) is 0.00884. The van der Waals surface area contributed by atoms with Crippen molar-refractivity contribution in [2.75, 3.05) is 20.1 Å². The highest BCUT2D eigenvalue weighted by atomic mass is 79.9. The zero-order valence-corrected chi connectivity index (χ0v) is 13.2. The zero-order valence-electron chi connectivity index (χ0n) is 11.6. The van der Waals surface area contributed by atoms with E-state index in [4.69, 9.17) is 0 Å². The predicted octanol–water partition coefficient (Wildman–Crippen LogP) is 2.97. The van der Waals surface area contributed by atoms with Crippen molar-refractivity contribution >= 4 is 21.8 Å². The molecule has 0 bridgehead atoms. The molecular weight excluding hydrogens is 304 g/mol. The molecule has 0 saturated carbocycles. The van der Waals surface area contributed by atoms with E-state index < -0.39 is 0 Å². The van der Waals surface area contributed by atoms with E-state index in [0.717, 1.165) is 28.7 Å². The molecule has 2 rings (SSSR count). The normalized spacial score (nSPS) is 20.3. The average molecular weight is 325 g/mol. The van der Waals surface area contributed by atoms with Crippen molar-refractivity contribution in [1.29, 1.82) is 0 Å². The van der Waals surface area contributed by atoms with Crippen LogP contribution >= 0.6 is 15.9 Å². The fourth-order valence-electron chi connectivity index (χ4n) is 2.52. The van der Waals surface area contributed by atoms with Gasteiger partial charge in [-0.1, -0.05) is 18.1 Å². The predicted molar refractivity (Wildman–Crippen MR) is 81.5 cm³/mol. The van der Waals surface area contributed by atoms with Gasteiger partial charge in [-0.25, -0.2) is 0 Å². The minimum Gasteiger partial charge on any atom is -0.350 e. The molecule has 1 amide bonds. The molecule has 1 atom stereocenters. The molecule has 1 unspecified atom stereocenters. The smallest absolute Gasteiger partial charge is 0.252 e. The number of hydrogen-bond donors (Lipinski definition) is 1. The van der Waals surface area contributed by atoms with Crippen LogP contribution in [0.3, 0.4) is 0 Å². The number of nitrogens with zero attached hydrogens (tertiary/aromatic N) is 1. The first-order chi connectivity index (χ1) is 9.08. The fourth-order valence-corrected chi connectivity index (χ4v) is 2.95. The Morgan fingerprint density at radius 1 is 1.47 bits per heavy atom. The van der Waals surface area contributed by atoms with Gasteiger partial charge in [0.1, 0.15) is 0 Å². The van der Waals surface area contributed by atoms with Gasteiger partial charge in [0.15, 0.2) is 0 Å². The monoisotopic (exact) mass is 324 g/mol. The quantitative estimate of drug-likeness (QED) is 0.927. The maximum atomic E-state index is 12.2. The zero-order chi connectivity index (χ0) is 13.8. The maximum Gasteiger partial charge on any atom is 0.252 e. The second-order valence-corrected chi connectivity index (χ2v) is 6.18. The van der Waals surface area contributed by atoms with Gasteiger partial charge in [-0.3, -0.25) is 4.79 Å². The number of halogens is 1. The molecule has 0 aliphatic carbocycles. The molecule has 1 N–H and O–H groups in total. The molecule has 1 aromatic carbocycles. The minimum absolute atomic E-state index is 0.00884. The van der Waals surface area contributed by atoms with Crippen LogP contribution in [-0.2, 0) is 0 Å². The lowest BCUT2D eigenvalue weighted by atomic mass is 10.0. The lowest BCUT2D eigenvalue weighted by Gasteiger charge is -2.32.